The van der Waals surface area contributed by atoms with E-state index in [1.54, 1.807) is 0 Å². The standard InChI is InChI=1S/C19H29NO/c1-5-15-7-8-17(13(15)2)20-12-14-6-9-18-16(10-14)11-19(3,4)21-18/h6,9-10,13,15,17,20H,5,7-8,11-12H2,1-4H3. The van der Waals surface area contributed by atoms with Gasteiger partial charge in [0.15, 0.2) is 0 Å². The van der Waals surface area contributed by atoms with Crippen molar-refractivity contribution < 1.29 is 4.74 Å². The first-order valence-electron chi connectivity index (χ1n) is 8.53. The van der Waals surface area contributed by atoms with E-state index in [0.717, 1.165) is 30.6 Å². The van der Waals surface area contributed by atoms with Gasteiger partial charge in [-0.05, 0) is 55.7 Å². The summed E-state index contributed by atoms with van der Waals surface area (Å²) in [6, 6.07) is 7.38. The smallest absolute Gasteiger partial charge is 0.123 e. The summed E-state index contributed by atoms with van der Waals surface area (Å²) in [5.41, 5.74) is 2.72. The van der Waals surface area contributed by atoms with Gasteiger partial charge in [0.1, 0.15) is 11.4 Å². The van der Waals surface area contributed by atoms with Gasteiger partial charge in [-0.2, -0.15) is 0 Å². The Kier molecular flexibility index (Phi) is 4.00. The van der Waals surface area contributed by atoms with Crippen molar-refractivity contribution >= 4 is 0 Å². The average Bonchev–Trinajstić information content (AvgIpc) is 2.93. The molecule has 0 saturated heterocycles. The third kappa shape index (κ3) is 3.11. The first-order valence-corrected chi connectivity index (χ1v) is 8.53. The fourth-order valence-corrected chi connectivity index (χ4v) is 4.13. The second kappa shape index (κ2) is 5.64. The zero-order chi connectivity index (χ0) is 15.0. The molecule has 0 radical (unpaired) electrons. The number of rotatable bonds is 4. The lowest BCUT2D eigenvalue weighted by Crippen LogP contribution is -2.32. The molecule has 1 N–H and O–H groups in total. The topological polar surface area (TPSA) is 21.3 Å². The molecule has 2 aliphatic rings. The van der Waals surface area contributed by atoms with Gasteiger partial charge in [-0.3, -0.25) is 0 Å². The molecule has 3 rings (SSSR count). The molecular weight excluding hydrogens is 258 g/mol. The summed E-state index contributed by atoms with van der Waals surface area (Å²) in [5, 5.41) is 3.78. The van der Waals surface area contributed by atoms with E-state index in [1.165, 1.54) is 30.4 Å². The minimum absolute atomic E-state index is 0.0390. The minimum Gasteiger partial charge on any atom is -0.487 e. The summed E-state index contributed by atoms with van der Waals surface area (Å²) in [7, 11) is 0. The lowest BCUT2D eigenvalue weighted by Gasteiger charge is -2.21. The number of nitrogens with one attached hydrogen (secondary N) is 1. The van der Waals surface area contributed by atoms with E-state index in [1.807, 2.05) is 0 Å². The van der Waals surface area contributed by atoms with Crippen LogP contribution < -0.4 is 10.1 Å². The summed E-state index contributed by atoms with van der Waals surface area (Å²) in [6.45, 7) is 10.1. The molecule has 2 nitrogen and oxygen atoms in total. The highest BCUT2D eigenvalue weighted by atomic mass is 16.5. The van der Waals surface area contributed by atoms with Crippen LogP contribution in [0.15, 0.2) is 18.2 Å². The van der Waals surface area contributed by atoms with Gasteiger partial charge < -0.3 is 10.1 Å². The molecule has 116 valence electrons. The molecule has 2 heteroatoms. The molecule has 0 amide bonds. The predicted molar refractivity (Wildman–Crippen MR) is 87.7 cm³/mol. The van der Waals surface area contributed by atoms with Crippen LogP contribution in [0.5, 0.6) is 5.75 Å². The monoisotopic (exact) mass is 287 g/mol. The van der Waals surface area contributed by atoms with Gasteiger partial charge in [0, 0.05) is 19.0 Å². The van der Waals surface area contributed by atoms with Crippen molar-refractivity contribution in [3.63, 3.8) is 0 Å². The Balaban J connectivity index is 1.60. The second-order valence-electron chi connectivity index (χ2n) is 7.57. The molecule has 3 atom stereocenters. The number of hydrogen-bond acceptors (Lipinski definition) is 2. The highest BCUT2D eigenvalue weighted by molar-refractivity contribution is 5.41. The molecular formula is C19H29NO. The molecule has 1 heterocycles. The largest absolute Gasteiger partial charge is 0.487 e. The number of fused-ring (bicyclic) bond motifs is 1. The molecule has 0 spiro atoms. The van der Waals surface area contributed by atoms with E-state index >= 15 is 0 Å². The molecule has 1 aromatic rings. The molecule has 1 aliphatic carbocycles. The van der Waals surface area contributed by atoms with Crippen molar-refractivity contribution in [2.45, 2.75) is 71.6 Å². The normalized spacial score (nSPS) is 30.2. The van der Waals surface area contributed by atoms with Crippen molar-refractivity contribution in [3.05, 3.63) is 29.3 Å². The molecule has 1 aromatic carbocycles. The fraction of sp³-hybridized carbons (Fsp3) is 0.684. The van der Waals surface area contributed by atoms with Gasteiger partial charge in [-0.1, -0.05) is 32.4 Å². The van der Waals surface area contributed by atoms with Crippen molar-refractivity contribution in [2.75, 3.05) is 0 Å². The molecule has 21 heavy (non-hydrogen) atoms. The zero-order valence-electron chi connectivity index (χ0n) is 13.9. The van der Waals surface area contributed by atoms with Crippen LogP contribution in [0.1, 0.15) is 58.1 Å². The van der Waals surface area contributed by atoms with E-state index in [2.05, 4.69) is 51.2 Å². The minimum atomic E-state index is -0.0390. The highest BCUT2D eigenvalue weighted by Gasteiger charge is 2.32. The molecule has 1 saturated carbocycles. The van der Waals surface area contributed by atoms with Crippen molar-refractivity contribution in [2.24, 2.45) is 11.8 Å². The van der Waals surface area contributed by atoms with Crippen LogP contribution >= 0.6 is 0 Å². The molecule has 1 aliphatic heterocycles. The first-order chi connectivity index (χ1) is 9.98. The summed E-state index contributed by atoms with van der Waals surface area (Å²) in [5.74, 6) is 2.80. The zero-order valence-corrected chi connectivity index (χ0v) is 13.9. The summed E-state index contributed by atoms with van der Waals surface area (Å²) >= 11 is 0. The van der Waals surface area contributed by atoms with Gasteiger partial charge in [-0.25, -0.2) is 0 Å². The van der Waals surface area contributed by atoms with Gasteiger partial charge in [-0.15, -0.1) is 0 Å². The van der Waals surface area contributed by atoms with Gasteiger partial charge in [0.2, 0.25) is 0 Å². The Morgan fingerprint density at radius 2 is 2.10 bits per heavy atom. The van der Waals surface area contributed by atoms with Crippen LogP contribution in [0.3, 0.4) is 0 Å². The second-order valence-corrected chi connectivity index (χ2v) is 7.57. The summed E-state index contributed by atoms with van der Waals surface area (Å²) in [4.78, 5) is 0. The van der Waals surface area contributed by atoms with Crippen LogP contribution in [-0.2, 0) is 13.0 Å². The van der Waals surface area contributed by atoms with Crippen LogP contribution in [0, 0.1) is 11.8 Å². The van der Waals surface area contributed by atoms with E-state index in [-0.39, 0.29) is 5.60 Å². The molecule has 0 aromatic heterocycles. The maximum Gasteiger partial charge on any atom is 0.123 e. The van der Waals surface area contributed by atoms with Gasteiger partial charge in [0.05, 0.1) is 0 Å². The van der Waals surface area contributed by atoms with Crippen LogP contribution in [0.4, 0.5) is 0 Å². The third-order valence-electron chi connectivity index (χ3n) is 5.45. The maximum absolute atomic E-state index is 5.95. The third-order valence-corrected chi connectivity index (χ3v) is 5.45. The Morgan fingerprint density at radius 3 is 2.81 bits per heavy atom. The number of ether oxygens (including phenoxy) is 1. The average molecular weight is 287 g/mol. The Labute approximate surface area is 129 Å². The van der Waals surface area contributed by atoms with E-state index in [4.69, 9.17) is 4.74 Å². The number of hydrogen-bond donors (Lipinski definition) is 1. The fourth-order valence-electron chi connectivity index (χ4n) is 4.13. The van der Waals surface area contributed by atoms with Crippen LogP contribution in [0.25, 0.3) is 0 Å². The quantitative estimate of drug-likeness (QED) is 0.890. The van der Waals surface area contributed by atoms with Crippen LogP contribution in [-0.4, -0.2) is 11.6 Å². The van der Waals surface area contributed by atoms with Crippen LogP contribution in [0.2, 0.25) is 0 Å². The van der Waals surface area contributed by atoms with E-state index in [0.29, 0.717) is 6.04 Å². The van der Waals surface area contributed by atoms with Crippen molar-refractivity contribution in [1.82, 2.24) is 5.32 Å². The Morgan fingerprint density at radius 1 is 1.29 bits per heavy atom. The summed E-state index contributed by atoms with van der Waals surface area (Å²) < 4.78 is 5.95. The van der Waals surface area contributed by atoms with E-state index in [9.17, 15) is 0 Å². The lowest BCUT2D eigenvalue weighted by molar-refractivity contribution is 0.138. The molecule has 0 bridgehead atoms. The van der Waals surface area contributed by atoms with Crippen molar-refractivity contribution in [1.29, 1.82) is 0 Å². The maximum atomic E-state index is 5.95. The molecule has 1 fully saturated rings. The SMILES string of the molecule is CCC1CCC(NCc2ccc3c(c2)CC(C)(C)O3)C1C. The first kappa shape index (κ1) is 14.9. The number of benzene rings is 1. The lowest BCUT2D eigenvalue weighted by atomic mass is 9.93. The molecule has 3 unspecified atom stereocenters. The Bertz CT molecular complexity index is 508. The van der Waals surface area contributed by atoms with Gasteiger partial charge >= 0.3 is 0 Å². The van der Waals surface area contributed by atoms with E-state index < -0.39 is 0 Å². The Hall–Kier alpha value is -1.02. The van der Waals surface area contributed by atoms with Crippen molar-refractivity contribution in [3.8, 4) is 5.75 Å². The summed E-state index contributed by atoms with van der Waals surface area (Å²) in [6.07, 6.45) is 5.07. The highest BCUT2D eigenvalue weighted by Crippen LogP contribution is 2.36. The van der Waals surface area contributed by atoms with Gasteiger partial charge in [0.25, 0.3) is 0 Å². The predicted octanol–water partition coefficient (Wildman–Crippen LogP) is 4.31.